The highest BCUT2D eigenvalue weighted by Crippen LogP contribution is 2.59. The third kappa shape index (κ3) is 3.11. The fourth-order valence-corrected chi connectivity index (χ4v) is 5.62. The van der Waals surface area contributed by atoms with Crippen LogP contribution in [0.15, 0.2) is 28.0 Å². The second kappa shape index (κ2) is 5.74. The van der Waals surface area contributed by atoms with Gasteiger partial charge in [0.15, 0.2) is 9.84 Å². The van der Waals surface area contributed by atoms with Gasteiger partial charge in [-0.2, -0.15) is 0 Å². The number of fused-ring (bicyclic) bond motifs is 1. The first kappa shape index (κ1) is 16.7. The second-order valence-corrected chi connectivity index (χ2v) is 10.1. The summed E-state index contributed by atoms with van der Waals surface area (Å²) in [6, 6.07) is 1.39. The number of carbonyl (C=O) groups excluding carboxylic acids is 1. The third-order valence-electron chi connectivity index (χ3n) is 5.41. The van der Waals surface area contributed by atoms with Gasteiger partial charge in [0.05, 0.1) is 11.5 Å². The molecular weight excluding hydrogens is 332 g/mol. The van der Waals surface area contributed by atoms with Crippen LogP contribution in [0, 0.1) is 17.3 Å². The molecule has 1 heterocycles. The van der Waals surface area contributed by atoms with Crippen LogP contribution >= 0.6 is 11.3 Å². The minimum absolute atomic E-state index is 0.173. The standard InChI is InChI=1S/C17H22O4S2/c1-17(2)12-5-4-11(14(17)8-12)6-7-21-16(18)15-9-13(10-22-15)23(3,19)20/h4,9-10,12,14H,5-8H2,1-3H3/t12-,14-/m0/s1. The molecule has 2 bridgehead atoms. The number of hydrogen-bond acceptors (Lipinski definition) is 5. The van der Waals surface area contributed by atoms with Crippen molar-refractivity contribution >= 4 is 27.1 Å². The van der Waals surface area contributed by atoms with E-state index in [9.17, 15) is 13.2 Å². The zero-order chi connectivity index (χ0) is 16.8. The Labute approximate surface area is 141 Å². The molecule has 0 unspecified atom stereocenters. The highest BCUT2D eigenvalue weighted by atomic mass is 32.2. The molecule has 4 nitrogen and oxygen atoms in total. The molecule has 0 amide bonds. The van der Waals surface area contributed by atoms with Crippen LogP contribution in [0.2, 0.25) is 0 Å². The van der Waals surface area contributed by atoms with E-state index < -0.39 is 15.8 Å². The Morgan fingerprint density at radius 2 is 2.17 bits per heavy atom. The summed E-state index contributed by atoms with van der Waals surface area (Å²) in [7, 11) is -3.27. The molecule has 0 spiro atoms. The van der Waals surface area contributed by atoms with E-state index >= 15 is 0 Å². The summed E-state index contributed by atoms with van der Waals surface area (Å²) in [5, 5.41) is 1.48. The SMILES string of the molecule is CC1(C)[C@H]2CC=C(CCOC(=O)c3cc(S(C)(=O)=O)cs3)[C@@H]1C2. The van der Waals surface area contributed by atoms with E-state index in [-0.39, 0.29) is 4.90 Å². The summed E-state index contributed by atoms with van der Waals surface area (Å²) in [5.74, 6) is 0.991. The topological polar surface area (TPSA) is 60.4 Å². The van der Waals surface area contributed by atoms with Gasteiger partial charge in [-0.05, 0) is 36.2 Å². The molecule has 0 N–H and O–H groups in total. The maximum atomic E-state index is 12.0. The van der Waals surface area contributed by atoms with E-state index in [0.29, 0.717) is 22.8 Å². The van der Waals surface area contributed by atoms with Gasteiger partial charge >= 0.3 is 5.97 Å². The average molecular weight is 354 g/mol. The van der Waals surface area contributed by atoms with Gasteiger partial charge in [0.2, 0.25) is 0 Å². The molecule has 2 atom stereocenters. The molecule has 3 aliphatic carbocycles. The zero-order valence-electron chi connectivity index (χ0n) is 13.7. The quantitative estimate of drug-likeness (QED) is 0.598. The molecule has 23 heavy (non-hydrogen) atoms. The van der Waals surface area contributed by atoms with Crippen LogP contribution in [0.4, 0.5) is 0 Å². The van der Waals surface area contributed by atoms with Crippen molar-refractivity contribution in [2.24, 2.45) is 17.3 Å². The lowest BCUT2D eigenvalue weighted by Gasteiger charge is -2.56. The molecule has 6 heteroatoms. The number of carbonyl (C=O) groups is 1. The van der Waals surface area contributed by atoms with Crippen LogP contribution < -0.4 is 0 Å². The molecule has 1 aromatic heterocycles. The van der Waals surface area contributed by atoms with Gasteiger partial charge in [0.1, 0.15) is 4.88 Å². The summed E-state index contributed by atoms with van der Waals surface area (Å²) in [6.07, 6.45) is 6.61. The summed E-state index contributed by atoms with van der Waals surface area (Å²) >= 11 is 1.11. The normalized spacial score (nSPS) is 25.4. The van der Waals surface area contributed by atoms with Crippen LogP contribution in [0.5, 0.6) is 0 Å². The van der Waals surface area contributed by atoms with E-state index in [1.807, 2.05) is 0 Å². The summed E-state index contributed by atoms with van der Waals surface area (Å²) in [5.41, 5.74) is 1.79. The van der Waals surface area contributed by atoms with Gasteiger partial charge in [-0.1, -0.05) is 25.5 Å². The van der Waals surface area contributed by atoms with Gasteiger partial charge in [0.25, 0.3) is 0 Å². The van der Waals surface area contributed by atoms with E-state index in [2.05, 4.69) is 19.9 Å². The van der Waals surface area contributed by atoms with Crippen molar-refractivity contribution in [3.63, 3.8) is 0 Å². The van der Waals surface area contributed by atoms with E-state index in [0.717, 1.165) is 36.4 Å². The van der Waals surface area contributed by atoms with Crippen molar-refractivity contribution in [2.45, 2.75) is 38.0 Å². The fraction of sp³-hybridized carbons (Fsp3) is 0.588. The predicted octanol–water partition coefficient (Wildman–Crippen LogP) is 3.69. The Balaban J connectivity index is 1.54. The summed E-state index contributed by atoms with van der Waals surface area (Å²) < 4.78 is 28.2. The van der Waals surface area contributed by atoms with Crippen molar-refractivity contribution < 1.29 is 17.9 Å². The molecule has 0 radical (unpaired) electrons. The minimum Gasteiger partial charge on any atom is -0.461 e. The van der Waals surface area contributed by atoms with Gasteiger partial charge in [0, 0.05) is 18.1 Å². The molecule has 1 aromatic rings. The third-order valence-corrected chi connectivity index (χ3v) is 7.56. The first-order chi connectivity index (χ1) is 10.7. The maximum Gasteiger partial charge on any atom is 0.348 e. The highest BCUT2D eigenvalue weighted by Gasteiger charge is 2.50. The van der Waals surface area contributed by atoms with E-state index in [1.54, 1.807) is 0 Å². The lowest BCUT2D eigenvalue weighted by Crippen LogP contribution is -2.48. The van der Waals surface area contributed by atoms with Gasteiger partial charge < -0.3 is 4.74 Å². The molecular formula is C17H22O4S2. The fourth-order valence-electron chi connectivity index (χ4n) is 3.71. The van der Waals surface area contributed by atoms with Gasteiger partial charge in [-0.25, -0.2) is 13.2 Å². The molecule has 0 aromatic carbocycles. The summed E-state index contributed by atoms with van der Waals surface area (Å²) in [4.78, 5) is 12.5. The number of allylic oxidation sites excluding steroid dienone is 1. The zero-order valence-corrected chi connectivity index (χ0v) is 15.3. The van der Waals surface area contributed by atoms with Crippen molar-refractivity contribution in [1.82, 2.24) is 0 Å². The summed E-state index contributed by atoms with van der Waals surface area (Å²) in [6.45, 7) is 5.00. The van der Waals surface area contributed by atoms with Crippen molar-refractivity contribution in [3.8, 4) is 0 Å². The Morgan fingerprint density at radius 3 is 2.74 bits per heavy atom. The van der Waals surface area contributed by atoms with E-state index in [4.69, 9.17) is 4.74 Å². The van der Waals surface area contributed by atoms with Crippen LogP contribution in [0.25, 0.3) is 0 Å². The predicted molar refractivity (Wildman–Crippen MR) is 90.4 cm³/mol. The minimum atomic E-state index is -3.27. The number of rotatable bonds is 5. The highest BCUT2D eigenvalue weighted by molar-refractivity contribution is 7.90. The number of sulfone groups is 1. The van der Waals surface area contributed by atoms with Crippen molar-refractivity contribution in [2.75, 3.05) is 12.9 Å². The van der Waals surface area contributed by atoms with Crippen LogP contribution in [-0.4, -0.2) is 27.2 Å². The Bertz CT molecular complexity index is 755. The molecule has 4 rings (SSSR count). The van der Waals surface area contributed by atoms with Gasteiger partial charge in [-0.3, -0.25) is 0 Å². The Morgan fingerprint density at radius 1 is 1.43 bits per heavy atom. The van der Waals surface area contributed by atoms with Crippen LogP contribution in [0.1, 0.15) is 42.8 Å². The number of ether oxygens (including phenoxy) is 1. The smallest absolute Gasteiger partial charge is 0.348 e. The first-order valence-corrected chi connectivity index (χ1v) is 10.6. The van der Waals surface area contributed by atoms with Crippen molar-refractivity contribution in [1.29, 1.82) is 0 Å². The van der Waals surface area contributed by atoms with Crippen LogP contribution in [-0.2, 0) is 14.6 Å². The molecule has 0 saturated heterocycles. The monoisotopic (exact) mass is 354 g/mol. The van der Waals surface area contributed by atoms with Gasteiger partial charge in [-0.15, -0.1) is 11.3 Å². The van der Waals surface area contributed by atoms with Crippen molar-refractivity contribution in [3.05, 3.63) is 28.0 Å². The van der Waals surface area contributed by atoms with E-state index in [1.165, 1.54) is 23.4 Å². The number of esters is 1. The largest absolute Gasteiger partial charge is 0.461 e. The number of thiophene rings is 1. The molecule has 0 aliphatic heterocycles. The number of hydrogen-bond donors (Lipinski definition) is 0. The Kier molecular flexibility index (Phi) is 4.17. The van der Waals surface area contributed by atoms with Crippen LogP contribution in [0.3, 0.4) is 0 Å². The molecule has 1 fully saturated rings. The molecule has 126 valence electrons. The lowest BCUT2D eigenvalue weighted by atomic mass is 9.48. The Hall–Kier alpha value is -1.14. The maximum absolute atomic E-state index is 12.0. The molecule has 1 saturated carbocycles. The average Bonchev–Trinajstić information content (AvgIpc) is 2.97. The second-order valence-electron chi connectivity index (χ2n) is 7.13. The molecule has 3 aliphatic rings. The lowest BCUT2D eigenvalue weighted by molar-refractivity contribution is -0.0103. The first-order valence-electron chi connectivity index (χ1n) is 7.84.